The normalized spacial score (nSPS) is 10.2. The Balaban J connectivity index is 1.96. The minimum atomic E-state index is -0.355. The number of carbonyl (C=O) groups is 1. The Labute approximate surface area is 114 Å². The molecule has 0 spiro atoms. The van der Waals surface area contributed by atoms with E-state index < -0.39 is 0 Å². The Morgan fingerprint density at radius 2 is 2.05 bits per heavy atom. The van der Waals surface area contributed by atoms with Crippen molar-refractivity contribution in [1.82, 2.24) is 15.4 Å². The van der Waals surface area contributed by atoms with E-state index in [1.165, 1.54) is 6.20 Å². The van der Waals surface area contributed by atoms with Crippen LogP contribution in [0.2, 0.25) is 0 Å². The van der Waals surface area contributed by atoms with Gasteiger partial charge in [0.25, 0.3) is 5.91 Å². The zero-order valence-corrected chi connectivity index (χ0v) is 10.9. The molecule has 2 heterocycles. The summed E-state index contributed by atoms with van der Waals surface area (Å²) in [6, 6.07) is 7.13. The van der Waals surface area contributed by atoms with Crippen LogP contribution in [0.3, 0.4) is 0 Å². The third kappa shape index (κ3) is 3.67. The van der Waals surface area contributed by atoms with Gasteiger partial charge in [0.05, 0.1) is 28.2 Å². The molecule has 0 saturated heterocycles. The SMILES string of the molecule is NNC(=O)c1ccc(CSc2ccc(N)cn2)nc1. The van der Waals surface area contributed by atoms with Crippen molar-refractivity contribution in [1.29, 1.82) is 0 Å². The van der Waals surface area contributed by atoms with Gasteiger partial charge in [-0.3, -0.25) is 15.2 Å². The topological polar surface area (TPSA) is 107 Å². The lowest BCUT2D eigenvalue weighted by Crippen LogP contribution is -2.30. The Morgan fingerprint density at radius 1 is 1.21 bits per heavy atom. The van der Waals surface area contributed by atoms with Crippen molar-refractivity contribution in [2.45, 2.75) is 10.8 Å². The summed E-state index contributed by atoms with van der Waals surface area (Å²) in [5, 5.41) is 0.875. The van der Waals surface area contributed by atoms with E-state index in [2.05, 4.69) is 15.4 Å². The number of nitrogens with one attached hydrogen (secondary N) is 1. The second-order valence-electron chi connectivity index (χ2n) is 3.73. The number of anilines is 1. The lowest BCUT2D eigenvalue weighted by atomic mass is 10.2. The van der Waals surface area contributed by atoms with Crippen molar-refractivity contribution in [3.63, 3.8) is 0 Å². The van der Waals surface area contributed by atoms with E-state index in [0.29, 0.717) is 17.0 Å². The summed E-state index contributed by atoms with van der Waals surface area (Å²) in [6.45, 7) is 0. The molecular weight excluding hydrogens is 262 g/mol. The Bertz CT molecular complexity index is 555. The predicted octanol–water partition coefficient (Wildman–Crippen LogP) is 0.955. The van der Waals surface area contributed by atoms with Gasteiger partial charge in [0.2, 0.25) is 0 Å². The number of amides is 1. The van der Waals surface area contributed by atoms with Crippen molar-refractivity contribution in [3.05, 3.63) is 47.9 Å². The fourth-order valence-corrected chi connectivity index (χ4v) is 2.11. The second kappa shape index (κ2) is 6.17. The number of nitrogen functional groups attached to an aromatic ring is 2. The quantitative estimate of drug-likeness (QED) is 0.332. The number of rotatable bonds is 4. The average Bonchev–Trinajstić information content (AvgIpc) is 2.46. The van der Waals surface area contributed by atoms with E-state index in [4.69, 9.17) is 11.6 Å². The molecule has 2 rings (SSSR count). The van der Waals surface area contributed by atoms with Crippen LogP contribution in [0.25, 0.3) is 0 Å². The zero-order valence-electron chi connectivity index (χ0n) is 10.0. The monoisotopic (exact) mass is 275 g/mol. The predicted molar refractivity (Wildman–Crippen MR) is 74.1 cm³/mol. The number of pyridine rings is 2. The van der Waals surface area contributed by atoms with E-state index in [1.807, 2.05) is 6.07 Å². The number of carbonyl (C=O) groups excluding carboxylic acids is 1. The molecule has 0 atom stereocenters. The molecule has 0 aliphatic heterocycles. The molecule has 0 aromatic carbocycles. The molecule has 6 nitrogen and oxygen atoms in total. The van der Waals surface area contributed by atoms with Crippen LogP contribution in [0, 0.1) is 0 Å². The smallest absolute Gasteiger partial charge is 0.266 e. The Morgan fingerprint density at radius 3 is 2.63 bits per heavy atom. The molecule has 2 aromatic rings. The number of hydrogen-bond donors (Lipinski definition) is 3. The van der Waals surface area contributed by atoms with Crippen molar-refractivity contribution in [2.24, 2.45) is 5.84 Å². The number of hydrogen-bond acceptors (Lipinski definition) is 6. The van der Waals surface area contributed by atoms with Gasteiger partial charge in [-0.05, 0) is 24.3 Å². The van der Waals surface area contributed by atoms with Gasteiger partial charge >= 0.3 is 0 Å². The molecule has 0 aliphatic carbocycles. The van der Waals surface area contributed by atoms with Gasteiger partial charge in [0.15, 0.2) is 0 Å². The molecule has 0 unspecified atom stereocenters. The summed E-state index contributed by atoms with van der Waals surface area (Å²) in [5.41, 5.74) is 9.55. The highest BCUT2D eigenvalue weighted by Crippen LogP contribution is 2.20. The van der Waals surface area contributed by atoms with Crippen molar-refractivity contribution in [3.8, 4) is 0 Å². The molecule has 98 valence electrons. The van der Waals surface area contributed by atoms with Crippen molar-refractivity contribution < 1.29 is 4.79 Å². The maximum absolute atomic E-state index is 11.2. The highest BCUT2D eigenvalue weighted by atomic mass is 32.2. The van der Waals surface area contributed by atoms with E-state index in [1.54, 1.807) is 36.2 Å². The maximum atomic E-state index is 11.2. The van der Waals surface area contributed by atoms with Gasteiger partial charge in [-0.1, -0.05) is 0 Å². The molecule has 19 heavy (non-hydrogen) atoms. The molecule has 5 N–H and O–H groups in total. The first-order valence-electron chi connectivity index (χ1n) is 5.49. The summed E-state index contributed by atoms with van der Waals surface area (Å²) in [6.07, 6.45) is 3.11. The van der Waals surface area contributed by atoms with Gasteiger partial charge in [0, 0.05) is 11.9 Å². The van der Waals surface area contributed by atoms with Crippen LogP contribution in [-0.2, 0) is 5.75 Å². The molecular formula is C12H13N5OS. The van der Waals surface area contributed by atoms with Crippen LogP contribution in [0.4, 0.5) is 5.69 Å². The number of hydrazine groups is 1. The van der Waals surface area contributed by atoms with Crippen LogP contribution < -0.4 is 17.0 Å². The number of nitrogens with zero attached hydrogens (tertiary/aromatic N) is 2. The summed E-state index contributed by atoms with van der Waals surface area (Å²) < 4.78 is 0. The lowest BCUT2D eigenvalue weighted by Gasteiger charge is -2.03. The van der Waals surface area contributed by atoms with Gasteiger partial charge in [-0.25, -0.2) is 10.8 Å². The first-order valence-corrected chi connectivity index (χ1v) is 6.48. The van der Waals surface area contributed by atoms with E-state index in [0.717, 1.165) is 10.7 Å². The lowest BCUT2D eigenvalue weighted by molar-refractivity contribution is 0.0953. The Hall–Kier alpha value is -2.12. The molecule has 0 radical (unpaired) electrons. The second-order valence-corrected chi connectivity index (χ2v) is 4.73. The fourth-order valence-electron chi connectivity index (χ4n) is 1.35. The summed E-state index contributed by atoms with van der Waals surface area (Å²) in [7, 11) is 0. The van der Waals surface area contributed by atoms with Gasteiger partial charge in [-0.15, -0.1) is 11.8 Å². The Kier molecular flexibility index (Phi) is 4.32. The third-order valence-electron chi connectivity index (χ3n) is 2.35. The molecule has 0 aliphatic rings. The zero-order chi connectivity index (χ0) is 13.7. The van der Waals surface area contributed by atoms with Crippen LogP contribution in [0.15, 0.2) is 41.7 Å². The van der Waals surface area contributed by atoms with Gasteiger partial charge in [0.1, 0.15) is 0 Å². The first-order chi connectivity index (χ1) is 9.19. The average molecular weight is 275 g/mol. The molecule has 0 saturated carbocycles. The molecule has 1 amide bonds. The van der Waals surface area contributed by atoms with E-state index in [9.17, 15) is 4.79 Å². The van der Waals surface area contributed by atoms with Crippen LogP contribution in [-0.4, -0.2) is 15.9 Å². The molecule has 0 fully saturated rings. The summed E-state index contributed by atoms with van der Waals surface area (Å²) in [5.74, 6) is 5.35. The first kappa shape index (κ1) is 13.3. The standard InChI is InChI=1S/C12H13N5OS/c13-9-2-4-11(16-6-9)19-7-10-3-1-8(5-15-10)12(18)17-14/h1-6H,7,13-14H2,(H,17,18). The van der Waals surface area contributed by atoms with Crippen LogP contribution in [0.5, 0.6) is 0 Å². The highest BCUT2D eigenvalue weighted by Gasteiger charge is 2.04. The largest absolute Gasteiger partial charge is 0.397 e. The summed E-state index contributed by atoms with van der Waals surface area (Å²) in [4.78, 5) is 19.6. The van der Waals surface area contributed by atoms with Crippen molar-refractivity contribution >= 4 is 23.4 Å². The van der Waals surface area contributed by atoms with Crippen LogP contribution >= 0.6 is 11.8 Å². The summed E-state index contributed by atoms with van der Waals surface area (Å²) >= 11 is 1.55. The van der Waals surface area contributed by atoms with E-state index in [-0.39, 0.29) is 5.91 Å². The molecule has 0 bridgehead atoms. The van der Waals surface area contributed by atoms with Crippen molar-refractivity contribution in [2.75, 3.05) is 5.73 Å². The molecule has 7 heteroatoms. The highest BCUT2D eigenvalue weighted by molar-refractivity contribution is 7.98. The van der Waals surface area contributed by atoms with Gasteiger partial charge in [-0.2, -0.15) is 0 Å². The fraction of sp³-hybridized carbons (Fsp3) is 0.0833. The van der Waals surface area contributed by atoms with Crippen LogP contribution in [0.1, 0.15) is 16.1 Å². The maximum Gasteiger partial charge on any atom is 0.266 e. The number of nitrogens with two attached hydrogens (primary N) is 2. The number of thioether (sulfide) groups is 1. The number of aromatic nitrogens is 2. The third-order valence-corrected chi connectivity index (χ3v) is 3.32. The minimum Gasteiger partial charge on any atom is -0.397 e. The van der Waals surface area contributed by atoms with Gasteiger partial charge < -0.3 is 5.73 Å². The van der Waals surface area contributed by atoms with E-state index >= 15 is 0 Å². The minimum absolute atomic E-state index is 0.355. The molecule has 2 aromatic heterocycles.